The number of benzene rings is 1. The third kappa shape index (κ3) is 4.39. The molecule has 1 amide bonds. The van der Waals surface area contributed by atoms with E-state index in [1.807, 2.05) is 20.8 Å². The van der Waals surface area contributed by atoms with Gasteiger partial charge in [0.15, 0.2) is 0 Å². The molecule has 0 spiro atoms. The molecule has 1 aromatic rings. The van der Waals surface area contributed by atoms with Gasteiger partial charge in [0.05, 0.1) is 5.56 Å². The Bertz CT molecular complexity index is 594. The summed E-state index contributed by atoms with van der Waals surface area (Å²) in [7, 11) is 0. The first-order valence-corrected chi connectivity index (χ1v) is 8.50. The molecule has 1 fully saturated rings. The lowest BCUT2D eigenvalue weighted by atomic mass is 10.2. The Morgan fingerprint density at radius 2 is 2.00 bits per heavy atom. The molecule has 1 aliphatic heterocycles. The molecule has 0 atom stereocenters. The summed E-state index contributed by atoms with van der Waals surface area (Å²) in [6, 6.07) is 4.94. The van der Waals surface area contributed by atoms with E-state index in [4.69, 9.17) is 9.84 Å². The van der Waals surface area contributed by atoms with Gasteiger partial charge in [-0.3, -0.25) is 0 Å². The van der Waals surface area contributed by atoms with Crippen molar-refractivity contribution in [1.29, 1.82) is 0 Å². The molecule has 1 aliphatic rings. The molecule has 7 heteroatoms. The molecule has 0 radical (unpaired) electrons. The molecule has 1 aromatic carbocycles. The summed E-state index contributed by atoms with van der Waals surface area (Å²) in [4.78, 5) is 25.4. The van der Waals surface area contributed by atoms with E-state index in [1.54, 1.807) is 34.9 Å². The molecule has 2 rings (SSSR count). The summed E-state index contributed by atoms with van der Waals surface area (Å²) in [5, 5.41) is 9.28. The maximum absolute atomic E-state index is 11.9. The Hall–Kier alpha value is -1.21. The fourth-order valence-electron chi connectivity index (χ4n) is 1.89. The van der Waals surface area contributed by atoms with E-state index in [0.717, 1.165) is 9.37 Å². The molecule has 0 aliphatic carbocycles. The van der Waals surface area contributed by atoms with Crippen LogP contribution in [0.3, 0.4) is 0 Å². The van der Waals surface area contributed by atoms with E-state index in [-0.39, 0.29) is 16.9 Å². The molecule has 22 heavy (non-hydrogen) atoms. The van der Waals surface area contributed by atoms with Crippen LogP contribution in [-0.2, 0) is 4.74 Å². The quantitative estimate of drug-likeness (QED) is 0.852. The van der Waals surface area contributed by atoms with Gasteiger partial charge in [0.25, 0.3) is 0 Å². The summed E-state index contributed by atoms with van der Waals surface area (Å²) in [6.45, 7) is 6.72. The standard InChI is InChI=1S/C15H18BrNO4S/c1-15(2,3)21-14(20)17-7-10(8-17)22-12-6-9(13(18)19)4-5-11(12)16/h4-6,10H,7-8H2,1-3H3,(H,18,19). The van der Waals surface area contributed by atoms with Crippen molar-refractivity contribution < 1.29 is 19.4 Å². The number of ether oxygens (including phenoxy) is 1. The van der Waals surface area contributed by atoms with Crippen LogP contribution < -0.4 is 0 Å². The topological polar surface area (TPSA) is 66.8 Å². The van der Waals surface area contributed by atoms with Gasteiger partial charge in [0.1, 0.15) is 5.60 Å². The Balaban J connectivity index is 1.91. The average molecular weight is 388 g/mol. The Morgan fingerprint density at radius 1 is 1.36 bits per heavy atom. The highest BCUT2D eigenvalue weighted by Gasteiger charge is 2.34. The number of carboxylic acids is 1. The van der Waals surface area contributed by atoms with Gasteiger partial charge in [-0.2, -0.15) is 0 Å². The van der Waals surface area contributed by atoms with Crippen molar-refractivity contribution in [2.75, 3.05) is 13.1 Å². The summed E-state index contributed by atoms with van der Waals surface area (Å²) in [6.07, 6.45) is -0.303. The van der Waals surface area contributed by atoms with Crippen molar-refractivity contribution in [1.82, 2.24) is 4.90 Å². The number of carbonyl (C=O) groups excluding carboxylic acids is 1. The molecule has 0 unspecified atom stereocenters. The monoisotopic (exact) mass is 387 g/mol. The van der Waals surface area contributed by atoms with Gasteiger partial charge in [-0.1, -0.05) is 0 Å². The number of carboxylic acid groups (broad SMARTS) is 1. The number of likely N-dealkylation sites (tertiary alicyclic amines) is 1. The molecular formula is C15H18BrNO4S. The normalized spacial score (nSPS) is 15.4. The summed E-state index contributed by atoms with van der Waals surface area (Å²) in [5.74, 6) is -0.946. The molecule has 0 bridgehead atoms. The first-order chi connectivity index (χ1) is 10.2. The maximum Gasteiger partial charge on any atom is 0.410 e. The molecular weight excluding hydrogens is 370 g/mol. The fourth-order valence-corrected chi connectivity index (χ4v) is 3.67. The zero-order chi connectivity index (χ0) is 16.5. The minimum Gasteiger partial charge on any atom is -0.478 e. The van der Waals surface area contributed by atoms with Crippen LogP contribution >= 0.6 is 27.7 Å². The molecule has 0 saturated carbocycles. The highest BCUT2D eigenvalue weighted by molar-refractivity contribution is 9.10. The predicted octanol–water partition coefficient (Wildman–Crippen LogP) is 3.86. The number of thioether (sulfide) groups is 1. The fraction of sp³-hybridized carbons (Fsp3) is 0.467. The largest absolute Gasteiger partial charge is 0.478 e. The first-order valence-electron chi connectivity index (χ1n) is 6.83. The van der Waals surface area contributed by atoms with Gasteiger partial charge in [-0.25, -0.2) is 9.59 Å². The first kappa shape index (κ1) is 17.1. The molecule has 1 saturated heterocycles. The number of rotatable bonds is 3. The lowest BCUT2D eigenvalue weighted by Gasteiger charge is -2.39. The number of amides is 1. The van der Waals surface area contributed by atoms with Crippen LogP contribution in [0.15, 0.2) is 27.6 Å². The highest BCUT2D eigenvalue weighted by Crippen LogP contribution is 2.35. The SMILES string of the molecule is CC(C)(C)OC(=O)N1CC(Sc2cc(C(=O)O)ccc2Br)C1. The van der Waals surface area contributed by atoms with Crippen LogP contribution in [0.25, 0.3) is 0 Å². The molecule has 1 heterocycles. The van der Waals surface area contributed by atoms with E-state index < -0.39 is 11.6 Å². The third-order valence-electron chi connectivity index (χ3n) is 2.97. The van der Waals surface area contributed by atoms with Crippen LogP contribution in [0.2, 0.25) is 0 Å². The number of hydrogen-bond acceptors (Lipinski definition) is 4. The van der Waals surface area contributed by atoms with Crippen LogP contribution in [0, 0.1) is 0 Å². The van der Waals surface area contributed by atoms with Crippen LogP contribution in [0.1, 0.15) is 31.1 Å². The van der Waals surface area contributed by atoms with E-state index in [0.29, 0.717) is 13.1 Å². The Labute approximate surface area is 142 Å². The zero-order valence-corrected chi connectivity index (χ0v) is 15.0. The van der Waals surface area contributed by atoms with Crippen molar-refractivity contribution >= 4 is 39.8 Å². The summed E-state index contributed by atoms with van der Waals surface area (Å²) < 4.78 is 6.16. The number of aromatic carboxylic acids is 1. The van der Waals surface area contributed by atoms with E-state index >= 15 is 0 Å². The number of nitrogens with zero attached hydrogens (tertiary/aromatic N) is 1. The van der Waals surface area contributed by atoms with E-state index in [2.05, 4.69) is 15.9 Å². The van der Waals surface area contributed by atoms with Crippen molar-refractivity contribution in [3.8, 4) is 0 Å². The minimum absolute atomic E-state index is 0.243. The second-order valence-corrected chi connectivity index (χ2v) is 8.27. The van der Waals surface area contributed by atoms with E-state index in [9.17, 15) is 9.59 Å². The van der Waals surface area contributed by atoms with Crippen molar-refractivity contribution in [2.45, 2.75) is 36.5 Å². The molecule has 0 aromatic heterocycles. The van der Waals surface area contributed by atoms with Gasteiger partial charge >= 0.3 is 12.1 Å². The van der Waals surface area contributed by atoms with Gasteiger partial charge < -0.3 is 14.7 Å². The van der Waals surface area contributed by atoms with Gasteiger partial charge in [-0.15, -0.1) is 11.8 Å². The molecule has 1 N–H and O–H groups in total. The Kier molecular flexibility index (Phi) is 5.07. The summed E-state index contributed by atoms with van der Waals surface area (Å²) in [5.41, 5.74) is -0.234. The maximum atomic E-state index is 11.9. The van der Waals surface area contributed by atoms with Crippen molar-refractivity contribution in [3.63, 3.8) is 0 Å². The predicted molar refractivity (Wildman–Crippen MR) is 88.6 cm³/mol. The number of carbonyl (C=O) groups is 2. The zero-order valence-electron chi connectivity index (χ0n) is 12.6. The smallest absolute Gasteiger partial charge is 0.410 e. The minimum atomic E-state index is -0.946. The van der Waals surface area contributed by atoms with Gasteiger partial charge in [-0.05, 0) is 54.9 Å². The van der Waals surface area contributed by atoms with Crippen LogP contribution in [0.5, 0.6) is 0 Å². The van der Waals surface area contributed by atoms with Crippen LogP contribution in [-0.4, -0.2) is 46.0 Å². The molecule has 5 nitrogen and oxygen atoms in total. The lowest BCUT2D eigenvalue weighted by Crippen LogP contribution is -2.53. The van der Waals surface area contributed by atoms with Gasteiger partial charge in [0, 0.05) is 27.7 Å². The van der Waals surface area contributed by atoms with Crippen LogP contribution in [0.4, 0.5) is 4.79 Å². The van der Waals surface area contributed by atoms with Crippen molar-refractivity contribution in [3.05, 3.63) is 28.2 Å². The van der Waals surface area contributed by atoms with E-state index in [1.165, 1.54) is 0 Å². The number of halogens is 1. The summed E-state index contributed by atoms with van der Waals surface area (Å²) >= 11 is 4.99. The number of hydrogen-bond donors (Lipinski definition) is 1. The highest BCUT2D eigenvalue weighted by atomic mass is 79.9. The second-order valence-electron chi connectivity index (χ2n) is 6.08. The Morgan fingerprint density at radius 3 is 2.55 bits per heavy atom. The lowest BCUT2D eigenvalue weighted by molar-refractivity contribution is 0.0143. The molecule has 120 valence electrons. The van der Waals surface area contributed by atoms with Crippen molar-refractivity contribution in [2.24, 2.45) is 0 Å². The average Bonchev–Trinajstić information content (AvgIpc) is 2.32. The third-order valence-corrected chi connectivity index (χ3v) is 5.15. The van der Waals surface area contributed by atoms with Gasteiger partial charge in [0.2, 0.25) is 0 Å². The second kappa shape index (κ2) is 6.50.